The quantitative estimate of drug-likeness (QED) is 0.167. The third-order valence-electron chi connectivity index (χ3n) is 15.8. The van der Waals surface area contributed by atoms with Crippen molar-refractivity contribution >= 4 is 17.1 Å². The first-order valence-corrected chi connectivity index (χ1v) is 23.3. The number of hydrogen-bond donors (Lipinski definition) is 0. The van der Waals surface area contributed by atoms with E-state index in [1.807, 2.05) is 0 Å². The summed E-state index contributed by atoms with van der Waals surface area (Å²) in [5.74, 6) is 0. The van der Waals surface area contributed by atoms with Crippen LogP contribution in [0, 0.1) is 0 Å². The van der Waals surface area contributed by atoms with Gasteiger partial charge in [-0.3, -0.25) is 0 Å². The van der Waals surface area contributed by atoms with Gasteiger partial charge in [-0.15, -0.1) is 0 Å². The van der Waals surface area contributed by atoms with Crippen molar-refractivity contribution in [3.8, 4) is 44.5 Å². The molecule has 0 saturated heterocycles. The number of anilines is 3. The van der Waals surface area contributed by atoms with Crippen molar-refractivity contribution in [2.75, 3.05) is 4.90 Å². The maximum Gasteiger partial charge on any atom is 0.0726 e. The monoisotopic (exact) mass is 839 g/mol. The molecule has 0 fully saturated rings. The summed E-state index contributed by atoms with van der Waals surface area (Å²) in [6.45, 7) is 4.78. The second kappa shape index (κ2) is 13.5. The Hall–Kier alpha value is -8.00. The summed E-state index contributed by atoms with van der Waals surface area (Å²) in [5.41, 5.74) is 25.9. The minimum atomic E-state index is -0.529. The minimum Gasteiger partial charge on any atom is -0.310 e. The van der Waals surface area contributed by atoms with Gasteiger partial charge in [0.25, 0.3) is 0 Å². The molecular weight excluding hydrogens is 795 g/mol. The lowest BCUT2D eigenvalue weighted by Crippen LogP contribution is -2.28. The molecule has 0 unspecified atom stereocenters. The van der Waals surface area contributed by atoms with Crippen molar-refractivity contribution in [2.45, 2.75) is 30.1 Å². The van der Waals surface area contributed by atoms with Crippen LogP contribution in [-0.2, 0) is 16.2 Å². The Labute approximate surface area is 387 Å². The fourth-order valence-corrected chi connectivity index (χ4v) is 13.1. The molecule has 10 aromatic carbocycles. The van der Waals surface area contributed by atoms with E-state index in [0.717, 1.165) is 11.4 Å². The van der Waals surface area contributed by atoms with Crippen LogP contribution in [-0.4, -0.2) is 0 Å². The maximum absolute atomic E-state index is 2.59. The van der Waals surface area contributed by atoms with E-state index in [2.05, 4.69) is 255 Å². The number of fused-ring (bicyclic) bond motifs is 16. The van der Waals surface area contributed by atoms with Crippen molar-refractivity contribution in [3.05, 3.63) is 292 Å². The van der Waals surface area contributed by atoms with Crippen LogP contribution in [0.1, 0.15) is 69.5 Å². The second-order valence-corrected chi connectivity index (χ2v) is 19.1. The Morgan fingerprint density at radius 2 is 0.652 bits per heavy atom. The van der Waals surface area contributed by atoms with Gasteiger partial charge in [0.05, 0.1) is 16.5 Å². The zero-order valence-corrected chi connectivity index (χ0v) is 37.0. The van der Waals surface area contributed by atoms with E-state index in [4.69, 9.17) is 0 Å². The molecule has 0 aromatic heterocycles. The van der Waals surface area contributed by atoms with Gasteiger partial charge in [0, 0.05) is 22.4 Å². The highest BCUT2D eigenvalue weighted by Crippen LogP contribution is 2.65. The smallest absolute Gasteiger partial charge is 0.0726 e. The molecule has 0 saturated carbocycles. The van der Waals surface area contributed by atoms with Crippen molar-refractivity contribution in [1.29, 1.82) is 0 Å². The van der Waals surface area contributed by atoms with Gasteiger partial charge in [-0.25, -0.2) is 0 Å². The minimum absolute atomic E-state index is 0.171. The van der Waals surface area contributed by atoms with Gasteiger partial charge < -0.3 is 4.90 Å². The molecule has 14 rings (SSSR count). The number of nitrogens with zero attached hydrogens (tertiary/aromatic N) is 1. The molecule has 0 amide bonds. The molecule has 0 radical (unpaired) electrons. The third-order valence-corrected chi connectivity index (χ3v) is 15.8. The normalized spacial score (nSPS) is 15.2. The summed E-state index contributed by atoms with van der Waals surface area (Å²) in [7, 11) is 0. The number of rotatable bonds is 5. The first kappa shape index (κ1) is 37.4. The van der Waals surface area contributed by atoms with Crippen LogP contribution in [0.2, 0.25) is 0 Å². The number of benzene rings is 10. The van der Waals surface area contributed by atoms with Crippen molar-refractivity contribution < 1.29 is 0 Å². The first-order chi connectivity index (χ1) is 32.5. The third kappa shape index (κ3) is 4.64. The molecular formula is C65H45N. The molecule has 0 bridgehead atoms. The molecule has 10 aromatic rings. The van der Waals surface area contributed by atoms with E-state index in [-0.39, 0.29) is 5.41 Å². The maximum atomic E-state index is 2.59. The lowest BCUT2D eigenvalue weighted by Gasteiger charge is -2.35. The molecule has 310 valence electrons. The van der Waals surface area contributed by atoms with Crippen molar-refractivity contribution in [1.82, 2.24) is 0 Å². The van der Waals surface area contributed by atoms with Crippen LogP contribution >= 0.6 is 0 Å². The fraction of sp³-hybridized carbons (Fsp3) is 0.0769. The summed E-state index contributed by atoms with van der Waals surface area (Å²) in [6.07, 6.45) is 0. The Kier molecular flexibility index (Phi) is 7.66. The molecule has 1 heteroatoms. The van der Waals surface area contributed by atoms with E-state index in [1.54, 1.807) is 0 Å². The van der Waals surface area contributed by atoms with Crippen LogP contribution < -0.4 is 4.90 Å². The molecule has 1 nitrogen and oxygen atoms in total. The van der Waals surface area contributed by atoms with Gasteiger partial charge in [0.15, 0.2) is 0 Å². The summed E-state index contributed by atoms with van der Waals surface area (Å²) in [4.78, 5) is 2.59. The topological polar surface area (TPSA) is 3.24 Å². The highest BCUT2D eigenvalue weighted by Gasteiger charge is 2.52. The van der Waals surface area contributed by atoms with Gasteiger partial charge in [-0.05, 0) is 125 Å². The predicted molar refractivity (Wildman–Crippen MR) is 272 cm³/mol. The van der Waals surface area contributed by atoms with E-state index in [9.17, 15) is 0 Å². The van der Waals surface area contributed by atoms with Crippen LogP contribution in [0.25, 0.3) is 44.5 Å². The van der Waals surface area contributed by atoms with Crippen molar-refractivity contribution in [2.24, 2.45) is 0 Å². The lowest BCUT2D eigenvalue weighted by atomic mass is 9.68. The largest absolute Gasteiger partial charge is 0.310 e. The lowest BCUT2D eigenvalue weighted by molar-refractivity contribution is 0.660. The molecule has 0 N–H and O–H groups in total. The summed E-state index contributed by atoms with van der Waals surface area (Å²) in [6, 6.07) is 89.5. The van der Waals surface area contributed by atoms with E-state index < -0.39 is 10.8 Å². The van der Waals surface area contributed by atoms with Crippen LogP contribution in [0.15, 0.2) is 237 Å². The number of hydrogen-bond acceptors (Lipinski definition) is 1. The Bertz CT molecular complexity index is 3530. The molecule has 4 aliphatic rings. The fourth-order valence-electron chi connectivity index (χ4n) is 13.1. The molecule has 0 atom stereocenters. The standard InChI is InChI=1S/C65H45N/c1-63(2)53-29-14-9-24-46(53)50-38-36-44(40-59(50)63)66(61-35-19-34-58-62(61)52-28-13-18-33-57(52)64(58,42-20-5-3-6-21-42)43-22-7-4-8-23-43)45-37-39-51-49-27-12-17-32-56(49)65(60(51)41-45)54-30-15-10-25-47(54)48-26-11-16-31-55(48)65/h3-41H,1-2H3. The SMILES string of the molecule is CC1(C)c2ccccc2-c2ccc(N(c3ccc4c(c3)C3(c5ccccc5-c5ccccc53)c3ccccc3-4)c3cccc4c3-c3ccccc3C4(c3ccccc3)c3ccccc3)cc21. The Morgan fingerprint density at radius 3 is 1.18 bits per heavy atom. The van der Waals surface area contributed by atoms with Gasteiger partial charge in [0.1, 0.15) is 0 Å². The molecule has 0 heterocycles. The first-order valence-electron chi connectivity index (χ1n) is 23.3. The summed E-state index contributed by atoms with van der Waals surface area (Å²) >= 11 is 0. The molecule has 4 aliphatic carbocycles. The van der Waals surface area contributed by atoms with Gasteiger partial charge >= 0.3 is 0 Å². The average molecular weight is 840 g/mol. The average Bonchev–Trinajstić information content (AvgIpc) is 4.04. The van der Waals surface area contributed by atoms with Crippen LogP contribution in [0.3, 0.4) is 0 Å². The zero-order chi connectivity index (χ0) is 43.8. The zero-order valence-electron chi connectivity index (χ0n) is 37.0. The Morgan fingerprint density at radius 1 is 0.273 bits per heavy atom. The highest BCUT2D eigenvalue weighted by atomic mass is 15.1. The second-order valence-electron chi connectivity index (χ2n) is 19.1. The Balaban J connectivity index is 1.08. The molecule has 0 aliphatic heterocycles. The van der Waals surface area contributed by atoms with Crippen LogP contribution in [0.4, 0.5) is 17.1 Å². The van der Waals surface area contributed by atoms with Gasteiger partial charge in [-0.1, -0.05) is 220 Å². The van der Waals surface area contributed by atoms with E-state index in [1.165, 1.54) is 106 Å². The van der Waals surface area contributed by atoms with E-state index in [0.29, 0.717) is 0 Å². The predicted octanol–water partition coefficient (Wildman–Crippen LogP) is 16.2. The van der Waals surface area contributed by atoms with E-state index >= 15 is 0 Å². The van der Waals surface area contributed by atoms with Gasteiger partial charge in [-0.2, -0.15) is 0 Å². The summed E-state index contributed by atoms with van der Waals surface area (Å²) in [5, 5.41) is 0. The highest BCUT2D eigenvalue weighted by molar-refractivity contribution is 6.00. The molecule has 66 heavy (non-hydrogen) atoms. The van der Waals surface area contributed by atoms with Crippen LogP contribution in [0.5, 0.6) is 0 Å². The summed E-state index contributed by atoms with van der Waals surface area (Å²) < 4.78 is 0. The van der Waals surface area contributed by atoms with Crippen molar-refractivity contribution in [3.63, 3.8) is 0 Å². The van der Waals surface area contributed by atoms with Gasteiger partial charge in [0.2, 0.25) is 0 Å². The molecule has 1 spiro atoms.